The number of rotatable bonds is 3. The van der Waals surface area contributed by atoms with Crippen LogP contribution in [0.15, 0.2) is 9.85 Å². The lowest BCUT2D eigenvalue weighted by Gasteiger charge is -2.19. The van der Waals surface area contributed by atoms with Gasteiger partial charge in [0.2, 0.25) is 0 Å². The Morgan fingerprint density at radius 1 is 1.60 bits per heavy atom. The Labute approximate surface area is 103 Å². The van der Waals surface area contributed by atoms with Gasteiger partial charge in [0.1, 0.15) is 6.04 Å². The van der Waals surface area contributed by atoms with E-state index < -0.39 is 12.2 Å². The summed E-state index contributed by atoms with van der Waals surface area (Å²) in [4.78, 5) is 0.168. The molecule has 0 radical (unpaired) electrons. The number of hydrogen-bond acceptors (Lipinski definition) is 2. The van der Waals surface area contributed by atoms with Gasteiger partial charge in [-0.1, -0.05) is 18.5 Å². The van der Waals surface area contributed by atoms with E-state index in [4.69, 9.17) is 11.6 Å². The molecule has 1 unspecified atom stereocenters. The van der Waals surface area contributed by atoms with E-state index in [1.165, 1.54) is 6.07 Å². The lowest BCUT2D eigenvalue weighted by atomic mass is 10.2. The third-order valence-corrected chi connectivity index (χ3v) is 4.22. The molecule has 0 aliphatic heterocycles. The Bertz CT molecular complexity index is 320. The van der Waals surface area contributed by atoms with Gasteiger partial charge in [-0.25, -0.2) is 0 Å². The van der Waals surface area contributed by atoms with Crippen LogP contribution in [-0.2, 0) is 0 Å². The predicted octanol–water partition coefficient (Wildman–Crippen LogP) is 4.38. The largest absolute Gasteiger partial charge is 0.408 e. The fourth-order valence-electron chi connectivity index (χ4n) is 1.09. The standard InChI is InChI=1S/C8H8BrClF3NS/c1-2-14-6(8(11,12)13)5-3-4(10)7(9)15-5/h3,6,14H,2H2,1H3. The highest BCUT2D eigenvalue weighted by Gasteiger charge is 2.41. The number of nitrogens with one attached hydrogen (secondary N) is 1. The molecule has 86 valence electrons. The summed E-state index contributed by atoms with van der Waals surface area (Å²) >= 11 is 9.78. The SMILES string of the molecule is CCNC(c1cc(Cl)c(Br)s1)C(F)(F)F. The minimum Gasteiger partial charge on any atom is -0.302 e. The second-order valence-electron chi connectivity index (χ2n) is 2.80. The summed E-state index contributed by atoms with van der Waals surface area (Å²) in [5, 5.41) is 2.69. The molecule has 1 heterocycles. The zero-order valence-electron chi connectivity index (χ0n) is 7.66. The topological polar surface area (TPSA) is 12.0 Å². The molecular formula is C8H8BrClF3NS. The third-order valence-electron chi connectivity index (χ3n) is 1.68. The van der Waals surface area contributed by atoms with Crippen molar-refractivity contribution in [2.45, 2.75) is 19.1 Å². The van der Waals surface area contributed by atoms with Crippen molar-refractivity contribution in [3.05, 3.63) is 19.8 Å². The van der Waals surface area contributed by atoms with Gasteiger partial charge in [0.05, 0.1) is 8.81 Å². The number of hydrogen-bond donors (Lipinski definition) is 1. The summed E-state index contributed by atoms with van der Waals surface area (Å²) in [5.74, 6) is 0. The van der Waals surface area contributed by atoms with Crippen molar-refractivity contribution < 1.29 is 13.2 Å². The fraction of sp³-hybridized carbons (Fsp3) is 0.500. The van der Waals surface area contributed by atoms with Gasteiger partial charge in [0.15, 0.2) is 0 Å². The molecule has 1 N–H and O–H groups in total. The van der Waals surface area contributed by atoms with Crippen LogP contribution in [-0.4, -0.2) is 12.7 Å². The van der Waals surface area contributed by atoms with Crippen LogP contribution in [0.2, 0.25) is 5.02 Å². The van der Waals surface area contributed by atoms with Gasteiger partial charge < -0.3 is 5.32 Å². The van der Waals surface area contributed by atoms with Gasteiger partial charge in [-0.3, -0.25) is 0 Å². The fourth-order valence-corrected chi connectivity index (χ4v) is 2.94. The lowest BCUT2D eigenvalue weighted by molar-refractivity contribution is -0.156. The highest BCUT2D eigenvalue weighted by Crippen LogP contribution is 2.41. The zero-order chi connectivity index (χ0) is 11.6. The molecule has 0 amide bonds. The summed E-state index contributed by atoms with van der Waals surface area (Å²) in [7, 11) is 0. The first kappa shape index (κ1) is 13.3. The molecular weight excluding hydrogens is 315 g/mol. The number of halogens is 5. The van der Waals surface area contributed by atoms with Crippen LogP contribution in [0.1, 0.15) is 17.8 Å². The summed E-state index contributed by atoms with van der Waals surface area (Å²) in [6.07, 6.45) is -4.30. The normalized spacial score (nSPS) is 14.3. The van der Waals surface area contributed by atoms with E-state index in [-0.39, 0.29) is 11.4 Å². The lowest BCUT2D eigenvalue weighted by Crippen LogP contribution is -2.33. The molecule has 0 bridgehead atoms. The molecule has 15 heavy (non-hydrogen) atoms. The van der Waals surface area contributed by atoms with E-state index in [0.717, 1.165) is 11.3 Å². The molecule has 0 saturated carbocycles. The molecule has 1 atom stereocenters. The van der Waals surface area contributed by atoms with Crippen LogP contribution < -0.4 is 5.32 Å². The molecule has 1 rings (SSSR count). The van der Waals surface area contributed by atoms with Gasteiger partial charge >= 0.3 is 6.18 Å². The average Bonchev–Trinajstić information content (AvgIpc) is 2.40. The van der Waals surface area contributed by atoms with Gasteiger partial charge in [0, 0.05) is 4.88 Å². The molecule has 1 nitrogen and oxygen atoms in total. The van der Waals surface area contributed by atoms with Gasteiger partial charge in [0.25, 0.3) is 0 Å². The maximum atomic E-state index is 12.6. The smallest absolute Gasteiger partial charge is 0.302 e. The minimum absolute atomic E-state index is 0.168. The maximum Gasteiger partial charge on any atom is 0.408 e. The molecule has 0 fully saturated rings. The minimum atomic E-state index is -4.30. The number of thiophene rings is 1. The zero-order valence-corrected chi connectivity index (χ0v) is 10.8. The Balaban J connectivity index is 2.99. The van der Waals surface area contributed by atoms with E-state index in [9.17, 15) is 13.2 Å². The van der Waals surface area contributed by atoms with Crippen molar-refractivity contribution in [3.63, 3.8) is 0 Å². The summed E-state index contributed by atoms with van der Waals surface area (Å²) in [5.41, 5.74) is 0. The van der Waals surface area contributed by atoms with E-state index in [2.05, 4.69) is 21.2 Å². The van der Waals surface area contributed by atoms with Crippen molar-refractivity contribution in [2.75, 3.05) is 6.54 Å². The number of alkyl halides is 3. The Hall–Kier alpha value is 0.220. The molecule has 7 heteroatoms. The van der Waals surface area contributed by atoms with Crippen molar-refractivity contribution in [1.29, 1.82) is 0 Å². The van der Waals surface area contributed by atoms with Gasteiger partial charge in [-0.15, -0.1) is 11.3 Å². The highest BCUT2D eigenvalue weighted by atomic mass is 79.9. The molecule has 0 spiro atoms. The summed E-state index contributed by atoms with van der Waals surface area (Å²) < 4.78 is 38.4. The van der Waals surface area contributed by atoms with Crippen LogP contribution in [0.3, 0.4) is 0 Å². The maximum absolute atomic E-state index is 12.6. The van der Waals surface area contributed by atoms with Crippen molar-refractivity contribution in [3.8, 4) is 0 Å². The van der Waals surface area contributed by atoms with E-state index in [1.54, 1.807) is 6.92 Å². The first-order chi connectivity index (χ1) is 6.86. The van der Waals surface area contributed by atoms with Gasteiger partial charge in [-0.05, 0) is 28.5 Å². The van der Waals surface area contributed by atoms with Crippen molar-refractivity contribution in [2.24, 2.45) is 0 Å². The van der Waals surface area contributed by atoms with Crippen molar-refractivity contribution >= 4 is 38.9 Å². The second-order valence-corrected chi connectivity index (χ2v) is 5.61. The average molecular weight is 323 g/mol. The first-order valence-corrected chi connectivity index (χ1v) is 6.09. The first-order valence-electron chi connectivity index (χ1n) is 4.11. The van der Waals surface area contributed by atoms with E-state index >= 15 is 0 Å². The van der Waals surface area contributed by atoms with Crippen molar-refractivity contribution in [1.82, 2.24) is 5.32 Å². The molecule has 1 aromatic rings. The summed E-state index contributed by atoms with van der Waals surface area (Å²) in [6, 6.07) is -0.312. The summed E-state index contributed by atoms with van der Waals surface area (Å²) in [6.45, 7) is 1.88. The van der Waals surface area contributed by atoms with Crippen LogP contribution in [0.25, 0.3) is 0 Å². The van der Waals surface area contributed by atoms with Gasteiger partial charge in [-0.2, -0.15) is 13.2 Å². The molecule has 0 aliphatic rings. The quantitative estimate of drug-likeness (QED) is 0.871. The third kappa shape index (κ3) is 3.34. The van der Waals surface area contributed by atoms with Crippen LogP contribution in [0, 0.1) is 0 Å². The van der Waals surface area contributed by atoms with Crippen LogP contribution >= 0.6 is 38.9 Å². The Morgan fingerprint density at radius 3 is 2.53 bits per heavy atom. The van der Waals surface area contributed by atoms with E-state index in [0.29, 0.717) is 8.81 Å². The molecule has 0 saturated heterocycles. The van der Waals surface area contributed by atoms with Crippen LogP contribution in [0.4, 0.5) is 13.2 Å². The predicted molar refractivity (Wildman–Crippen MR) is 59.5 cm³/mol. The molecule has 0 aliphatic carbocycles. The Kier molecular flexibility index (Phi) is 4.46. The highest BCUT2D eigenvalue weighted by molar-refractivity contribution is 9.11. The molecule has 1 aromatic heterocycles. The monoisotopic (exact) mass is 321 g/mol. The van der Waals surface area contributed by atoms with E-state index in [1.807, 2.05) is 0 Å². The van der Waals surface area contributed by atoms with Crippen LogP contribution in [0.5, 0.6) is 0 Å². The Morgan fingerprint density at radius 2 is 2.20 bits per heavy atom. The second kappa shape index (κ2) is 5.03. The molecule has 0 aromatic carbocycles.